The fraction of sp³-hybridized carbons (Fsp3) is 0.348. The summed E-state index contributed by atoms with van der Waals surface area (Å²) in [7, 11) is 1.56. The summed E-state index contributed by atoms with van der Waals surface area (Å²) >= 11 is 6.02. The van der Waals surface area contributed by atoms with Crippen LogP contribution in [0, 0.1) is 13.8 Å². The normalized spacial score (nSPS) is 16.1. The van der Waals surface area contributed by atoms with Gasteiger partial charge in [0.1, 0.15) is 0 Å². The summed E-state index contributed by atoms with van der Waals surface area (Å²) in [5.74, 6) is -1.04. The monoisotopic (exact) mass is 459 g/mol. The van der Waals surface area contributed by atoms with Gasteiger partial charge in [-0.2, -0.15) is 0 Å². The maximum Gasteiger partial charge on any atom is 0.340 e. The van der Waals surface area contributed by atoms with Gasteiger partial charge in [0.15, 0.2) is 0 Å². The van der Waals surface area contributed by atoms with E-state index < -0.39 is 24.0 Å². The van der Waals surface area contributed by atoms with Crippen LogP contribution in [0.1, 0.15) is 52.8 Å². The molecule has 0 spiro atoms. The molecule has 0 fully saturated rings. The molecule has 1 atom stereocenters. The number of aromatic amines is 1. The molecule has 2 amide bonds. The van der Waals surface area contributed by atoms with Crippen molar-refractivity contribution in [3.8, 4) is 0 Å². The van der Waals surface area contributed by atoms with Crippen molar-refractivity contribution in [3.63, 3.8) is 0 Å². The molecule has 0 bridgehead atoms. The van der Waals surface area contributed by atoms with Gasteiger partial charge in [0, 0.05) is 17.8 Å². The Kier molecular flexibility index (Phi) is 6.93. The van der Waals surface area contributed by atoms with Crippen LogP contribution in [-0.4, -0.2) is 48.1 Å². The van der Waals surface area contributed by atoms with Gasteiger partial charge in [-0.3, -0.25) is 4.90 Å². The predicted octanol–water partition coefficient (Wildman–Crippen LogP) is 4.13. The molecule has 2 aromatic rings. The number of benzene rings is 1. The van der Waals surface area contributed by atoms with E-state index in [2.05, 4.69) is 10.3 Å². The number of nitrogens with zero attached hydrogens (tertiary/aromatic N) is 1. The van der Waals surface area contributed by atoms with Crippen molar-refractivity contribution in [1.82, 2.24) is 15.2 Å². The van der Waals surface area contributed by atoms with Crippen molar-refractivity contribution in [3.05, 3.63) is 62.9 Å². The largest absolute Gasteiger partial charge is 0.463 e. The first kappa shape index (κ1) is 23.4. The van der Waals surface area contributed by atoms with E-state index in [0.717, 1.165) is 0 Å². The van der Waals surface area contributed by atoms with Crippen molar-refractivity contribution in [1.29, 1.82) is 0 Å². The van der Waals surface area contributed by atoms with Gasteiger partial charge in [0.25, 0.3) is 0 Å². The first-order chi connectivity index (χ1) is 15.2. The number of carbonyl (C=O) groups excluding carboxylic acids is 3. The summed E-state index contributed by atoms with van der Waals surface area (Å²) in [5, 5.41) is 3.39. The van der Waals surface area contributed by atoms with Gasteiger partial charge >= 0.3 is 18.0 Å². The Labute approximate surface area is 191 Å². The second-order valence-corrected chi connectivity index (χ2v) is 7.76. The van der Waals surface area contributed by atoms with E-state index in [1.54, 1.807) is 59.0 Å². The summed E-state index contributed by atoms with van der Waals surface area (Å²) < 4.78 is 10.5. The van der Waals surface area contributed by atoms with Gasteiger partial charge in [0.05, 0.1) is 41.8 Å². The molecular formula is C23H26ClN3O5. The topological polar surface area (TPSA) is 101 Å². The van der Waals surface area contributed by atoms with Crippen LogP contribution in [-0.2, 0) is 14.3 Å². The molecule has 2 N–H and O–H groups in total. The Balaban J connectivity index is 2.28. The number of amides is 2. The molecule has 170 valence electrons. The van der Waals surface area contributed by atoms with Crippen LogP contribution in [0.25, 0.3) is 5.70 Å². The number of esters is 2. The van der Waals surface area contributed by atoms with E-state index in [4.69, 9.17) is 21.1 Å². The van der Waals surface area contributed by atoms with Crippen LogP contribution < -0.4 is 5.32 Å². The zero-order valence-electron chi connectivity index (χ0n) is 18.7. The van der Waals surface area contributed by atoms with Crippen molar-refractivity contribution in [2.75, 3.05) is 20.3 Å². The average molecular weight is 460 g/mol. The second kappa shape index (κ2) is 9.48. The highest BCUT2D eigenvalue weighted by molar-refractivity contribution is 6.30. The Morgan fingerprint density at radius 1 is 1.06 bits per heavy atom. The molecule has 0 radical (unpaired) electrons. The highest BCUT2D eigenvalue weighted by atomic mass is 35.5. The van der Waals surface area contributed by atoms with E-state index in [-0.39, 0.29) is 18.8 Å². The number of hydrogen-bond donors (Lipinski definition) is 2. The first-order valence-electron chi connectivity index (χ1n) is 10.3. The van der Waals surface area contributed by atoms with Crippen LogP contribution in [0.5, 0.6) is 0 Å². The van der Waals surface area contributed by atoms with Crippen LogP contribution in [0.2, 0.25) is 5.02 Å². The standard InChI is InChI=1S/C23H26ClN3O5/c1-6-31-21(28)16-12(3)18(25-13(16)4)20-17(22(29)32-7-2)19(26-23(30)27(20)5)14-8-10-15(24)11-9-14/h8-11,19,25H,6-7H2,1-5H3,(H,26,30). The van der Waals surface area contributed by atoms with Gasteiger partial charge in [-0.05, 0) is 51.0 Å². The first-order valence-corrected chi connectivity index (χ1v) is 10.7. The Morgan fingerprint density at radius 2 is 1.66 bits per heavy atom. The fourth-order valence-corrected chi connectivity index (χ4v) is 3.96. The molecule has 1 aromatic heterocycles. The molecule has 8 nitrogen and oxygen atoms in total. The van der Waals surface area contributed by atoms with E-state index >= 15 is 0 Å². The van der Waals surface area contributed by atoms with Crippen molar-refractivity contribution >= 4 is 35.3 Å². The predicted molar refractivity (Wildman–Crippen MR) is 120 cm³/mol. The third-order valence-corrected chi connectivity index (χ3v) is 5.56. The molecule has 2 heterocycles. The van der Waals surface area contributed by atoms with Gasteiger partial charge in [0.2, 0.25) is 0 Å². The molecule has 0 saturated carbocycles. The minimum atomic E-state index is -0.765. The molecule has 3 rings (SSSR count). The lowest BCUT2D eigenvalue weighted by atomic mass is 9.92. The second-order valence-electron chi connectivity index (χ2n) is 7.32. The molecule has 1 aliphatic rings. The highest BCUT2D eigenvalue weighted by Gasteiger charge is 2.39. The molecule has 1 aromatic carbocycles. The summed E-state index contributed by atoms with van der Waals surface area (Å²) in [4.78, 5) is 43.0. The molecule has 32 heavy (non-hydrogen) atoms. The average Bonchev–Trinajstić information content (AvgIpc) is 3.04. The Morgan fingerprint density at radius 3 is 2.25 bits per heavy atom. The fourth-order valence-electron chi connectivity index (χ4n) is 3.84. The zero-order valence-corrected chi connectivity index (χ0v) is 19.4. The van der Waals surface area contributed by atoms with Crippen molar-refractivity contribution in [2.24, 2.45) is 0 Å². The Hall–Kier alpha value is -3.26. The van der Waals surface area contributed by atoms with Gasteiger partial charge in [-0.25, -0.2) is 14.4 Å². The number of ether oxygens (including phenoxy) is 2. The van der Waals surface area contributed by atoms with Gasteiger partial charge < -0.3 is 19.8 Å². The molecule has 0 saturated heterocycles. The quantitative estimate of drug-likeness (QED) is 0.632. The number of nitrogens with one attached hydrogen (secondary N) is 2. The maximum atomic E-state index is 13.1. The number of H-pyrrole nitrogens is 1. The van der Waals surface area contributed by atoms with Crippen LogP contribution >= 0.6 is 11.6 Å². The minimum absolute atomic E-state index is 0.164. The number of aromatic nitrogens is 1. The number of aryl methyl sites for hydroxylation is 1. The highest BCUT2D eigenvalue weighted by Crippen LogP contribution is 2.38. The van der Waals surface area contributed by atoms with Crippen LogP contribution in [0.4, 0.5) is 4.79 Å². The van der Waals surface area contributed by atoms with Crippen molar-refractivity contribution < 1.29 is 23.9 Å². The smallest absolute Gasteiger partial charge is 0.340 e. The number of hydrogen-bond acceptors (Lipinski definition) is 5. The molecular weight excluding hydrogens is 434 g/mol. The lowest BCUT2D eigenvalue weighted by Crippen LogP contribution is -2.46. The van der Waals surface area contributed by atoms with Gasteiger partial charge in [-0.1, -0.05) is 23.7 Å². The summed E-state index contributed by atoms with van der Waals surface area (Å²) in [6.07, 6.45) is 0. The summed E-state index contributed by atoms with van der Waals surface area (Å²) in [6, 6.07) is 5.69. The number of rotatable bonds is 6. The van der Waals surface area contributed by atoms with Crippen molar-refractivity contribution in [2.45, 2.75) is 33.7 Å². The van der Waals surface area contributed by atoms with E-state index in [1.165, 1.54) is 4.90 Å². The maximum absolute atomic E-state index is 13.1. The third-order valence-electron chi connectivity index (χ3n) is 5.30. The third kappa shape index (κ3) is 4.23. The van der Waals surface area contributed by atoms with Crippen LogP contribution in [0.15, 0.2) is 29.8 Å². The lowest BCUT2D eigenvalue weighted by molar-refractivity contribution is -0.138. The van der Waals surface area contributed by atoms with E-state index in [1.807, 2.05) is 0 Å². The molecule has 9 heteroatoms. The van der Waals surface area contributed by atoms with Gasteiger partial charge in [-0.15, -0.1) is 0 Å². The zero-order chi connectivity index (χ0) is 23.6. The SMILES string of the molecule is CCOC(=O)C1=C(c2[nH]c(C)c(C(=O)OCC)c2C)N(C)C(=O)NC1c1ccc(Cl)cc1. The summed E-state index contributed by atoms with van der Waals surface area (Å²) in [5.41, 5.74) is 3.26. The summed E-state index contributed by atoms with van der Waals surface area (Å²) in [6.45, 7) is 7.33. The number of urea groups is 1. The number of carbonyl (C=O) groups is 3. The Bertz CT molecular complexity index is 1090. The van der Waals surface area contributed by atoms with E-state index in [9.17, 15) is 14.4 Å². The molecule has 0 aliphatic carbocycles. The van der Waals surface area contributed by atoms with E-state index in [0.29, 0.717) is 38.8 Å². The van der Waals surface area contributed by atoms with Crippen LogP contribution in [0.3, 0.4) is 0 Å². The molecule has 1 unspecified atom stereocenters. The number of halogens is 1. The molecule has 1 aliphatic heterocycles. The lowest BCUT2D eigenvalue weighted by Gasteiger charge is -2.34. The minimum Gasteiger partial charge on any atom is -0.463 e.